The summed E-state index contributed by atoms with van der Waals surface area (Å²) in [6, 6.07) is 1.49. The molecule has 1 rings (SSSR count). The molecule has 0 atom stereocenters. The van der Waals surface area contributed by atoms with Crippen molar-refractivity contribution in [3.8, 4) is 0 Å². The van der Waals surface area contributed by atoms with Crippen molar-refractivity contribution in [1.29, 1.82) is 0 Å². The molecule has 1 heterocycles. The first-order valence-corrected chi connectivity index (χ1v) is 5.45. The van der Waals surface area contributed by atoms with Crippen molar-refractivity contribution in [3.05, 3.63) is 18.1 Å². The van der Waals surface area contributed by atoms with Crippen LogP contribution < -0.4 is 11.1 Å². The number of nitrogens with zero attached hydrogens (tertiary/aromatic N) is 4. The molecule has 0 aliphatic rings. The van der Waals surface area contributed by atoms with Gasteiger partial charge in [0, 0.05) is 19.0 Å². The van der Waals surface area contributed by atoms with E-state index in [1.807, 2.05) is 13.8 Å². The summed E-state index contributed by atoms with van der Waals surface area (Å²) in [4.78, 5) is 27.4. The van der Waals surface area contributed by atoms with Crippen molar-refractivity contribution in [1.82, 2.24) is 15.3 Å². The van der Waals surface area contributed by atoms with Crippen molar-refractivity contribution < 1.29 is 4.79 Å². The Kier molecular flexibility index (Phi) is 4.91. The summed E-state index contributed by atoms with van der Waals surface area (Å²) in [5.41, 5.74) is 5.51. The number of amidine groups is 1. The number of carbonyl (C=O) groups is 1. The van der Waals surface area contributed by atoms with Gasteiger partial charge in [-0.15, -0.1) is 0 Å². The van der Waals surface area contributed by atoms with E-state index in [1.54, 1.807) is 0 Å². The average molecular weight is 248 g/mol. The van der Waals surface area contributed by atoms with Crippen molar-refractivity contribution in [2.75, 3.05) is 7.05 Å². The lowest BCUT2D eigenvalue weighted by Crippen LogP contribution is -2.19. The average Bonchev–Trinajstić information content (AvgIpc) is 2.37. The van der Waals surface area contributed by atoms with Crippen molar-refractivity contribution in [2.45, 2.75) is 13.8 Å². The molecule has 0 saturated carbocycles. The van der Waals surface area contributed by atoms with E-state index in [0.717, 1.165) is 0 Å². The molecule has 1 aromatic heterocycles. The van der Waals surface area contributed by atoms with E-state index < -0.39 is 0 Å². The minimum Gasteiger partial charge on any atom is -0.390 e. The Morgan fingerprint density at radius 2 is 2.22 bits per heavy atom. The van der Waals surface area contributed by atoms with Crippen LogP contribution in [0.25, 0.3) is 0 Å². The molecular weight excluding hydrogens is 232 g/mol. The maximum absolute atomic E-state index is 11.4. The Morgan fingerprint density at radius 3 is 2.78 bits per heavy atom. The molecule has 18 heavy (non-hydrogen) atoms. The number of hydrogen-bond donors (Lipinski definition) is 2. The zero-order chi connectivity index (χ0) is 13.5. The second-order valence-electron chi connectivity index (χ2n) is 3.74. The van der Waals surface area contributed by atoms with Crippen LogP contribution in [0.15, 0.2) is 22.4 Å². The fourth-order valence-corrected chi connectivity index (χ4v) is 1.16. The molecule has 0 aliphatic carbocycles. The SMILES string of the molecule is CNC(=O)c1cc(N=C(N=CN)C(C)C)ncn1. The lowest BCUT2D eigenvalue weighted by atomic mass is 10.2. The van der Waals surface area contributed by atoms with Gasteiger partial charge >= 0.3 is 0 Å². The third kappa shape index (κ3) is 3.62. The van der Waals surface area contributed by atoms with Crippen LogP contribution in [0.5, 0.6) is 0 Å². The number of hydrogen-bond acceptors (Lipinski definition) is 4. The summed E-state index contributed by atoms with van der Waals surface area (Å²) in [6.07, 6.45) is 2.47. The predicted octanol–water partition coefficient (Wildman–Crippen LogP) is 0.509. The quantitative estimate of drug-likeness (QED) is 0.600. The van der Waals surface area contributed by atoms with Gasteiger partial charge in [-0.25, -0.2) is 20.0 Å². The molecule has 0 aromatic carbocycles. The second kappa shape index (κ2) is 6.43. The highest BCUT2D eigenvalue weighted by molar-refractivity contribution is 5.94. The van der Waals surface area contributed by atoms with Gasteiger partial charge in [-0.3, -0.25) is 4.79 Å². The van der Waals surface area contributed by atoms with E-state index in [2.05, 4.69) is 25.3 Å². The summed E-state index contributed by atoms with van der Waals surface area (Å²) in [5.74, 6) is 0.724. The fraction of sp³-hybridized carbons (Fsp3) is 0.364. The smallest absolute Gasteiger partial charge is 0.269 e. The first-order valence-electron chi connectivity index (χ1n) is 5.45. The summed E-state index contributed by atoms with van der Waals surface area (Å²) in [7, 11) is 1.53. The molecule has 7 heteroatoms. The summed E-state index contributed by atoms with van der Waals surface area (Å²) in [5, 5.41) is 2.48. The number of carbonyl (C=O) groups excluding carboxylic acids is 1. The predicted molar refractivity (Wildman–Crippen MR) is 70.0 cm³/mol. The van der Waals surface area contributed by atoms with Crippen molar-refractivity contribution >= 4 is 23.9 Å². The molecule has 3 N–H and O–H groups in total. The van der Waals surface area contributed by atoms with Gasteiger partial charge in [0.2, 0.25) is 0 Å². The van der Waals surface area contributed by atoms with Gasteiger partial charge in [0.15, 0.2) is 5.82 Å². The Morgan fingerprint density at radius 1 is 1.50 bits per heavy atom. The maximum atomic E-state index is 11.4. The van der Waals surface area contributed by atoms with E-state index in [1.165, 1.54) is 25.8 Å². The standard InChI is InChI=1S/C11H16N6O/c1-7(2)10(14-5-12)17-9-4-8(11(18)13-3)15-6-16-9/h4-7H,1-3H3,(H,13,18)(H2,12,14,15,16,17). The third-order valence-corrected chi connectivity index (χ3v) is 2.06. The molecule has 96 valence electrons. The van der Waals surface area contributed by atoms with E-state index in [9.17, 15) is 4.79 Å². The van der Waals surface area contributed by atoms with Crippen LogP contribution in [-0.2, 0) is 0 Å². The molecule has 7 nitrogen and oxygen atoms in total. The molecule has 0 fully saturated rings. The van der Waals surface area contributed by atoms with Gasteiger partial charge in [0.1, 0.15) is 17.9 Å². The van der Waals surface area contributed by atoms with Gasteiger partial charge in [-0.1, -0.05) is 13.8 Å². The fourth-order valence-electron chi connectivity index (χ4n) is 1.16. The van der Waals surface area contributed by atoms with Crippen LogP contribution in [0.4, 0.5) is 5.82 Å². The molecule has 1 aromatic rings. The Bertz CT molecular complexity index is 480. The Balaban J connectivity index is 3.09. The number of aliphatic imine (C=N–C) groups is 2. The monoisotopic (exact) mass is 248 g/mol. The highest BCUT2D eigenvalue weighted by atomic mass is 16.1. The number of rotatable bonds is 3. The minimum absolute atomic E-state index is 0.100. The zero-order valence-corrected chi connectivity index (χ0v) is 10.6. The molecule has 0 spiro atoms. The largest absolute Gasteiger partial charge is 0.390 e. The second-order valence-corrected chi connectivity index (χ2v) is 3.74. The molecule has 0 radical (unpaired) electrons. The van der Waals surface area contributed by atoms with Gasteiger partial charge < -0.3 is 11.1 Å². The topological polar surface area (TPSA) is 106 Å². The van der Waals surface area contributed by atoms with E-state index in [0.29, 0.717) is 11.7 Å². The molecule has 0 unspecified atom stereocenters. The number of aromatic nitrogens is 2. The van der Waals surface area contributed by atoms with E-state index in [-0.39, 0.29) is 17.5 Å². The Hall–Kier alpha value is -2.31. The normalized spacial score (nSPS) is 12.1. The molecular formula is C11H16N6O. The van der Waals surface area contributed by atoms with Crippen LogP contribution in [0, 0.1) is 5.92 Å². The number of amides is 1. The lowest BCUT2D eigenvalue weighted by Gasteiger charge is -2.04. The minimum atomic E-state index is -0.290. The van der Waals surface area contributed by atoms with Gasteiger partial charge in [0.25, 0.3) is 5.91 Å². The molecule has 0 aliphatic heterocycles. The summed E-state index contributed by atoms with van der Waals surface area (Å²) >= 11 is 0. The van der Waals surface area contributed by atoms with Gasteiger partial charge in [-0.2, -0.15) is 0 Å². The highest BCUT2D eigenvalue weighted by Crippen LogP contribution is 2.11. The summed E-state index contributed by atoms with van der Waals surface area (Å²) in [6.45, 7) is 3.87. The molecule has 0 saturated heterocycles. The van der Waals surface area contributed by atoms with Crippen molar-refractivity contribution in [2.24, 2.45) is 21.6 Å². The van der Waals surface area contributed by atoms with Crippen LogP contribution in [0.1, 0.15) is 24.3 Å². The van der Waals surface area contributed by atoms with E-state index >= 15 is 0 Å². The van der Waals surface area contributed by atoms with Gasteiger partial charge in [0.05, 0.1) is 6.34 Å². The zero-order valence-electron chi connectivity index (χ0n) is 10.6. The lowest BCUT2D eigenvalue weighted by molar-refractivity contribution is 0.0958. The van der Waals surface area contributed by atoms with Gasteiger partial charge in [-0.05, 0) is 0 Å². The first kappa shape index (κ1) is 13.8. The van der Waals surface area contributed by atoms with Crippen LogP contribution in [0.2, 0.25) is 0 Å². The molecule has 1 amide bonds. The highest BCUT2D eigenvalue weighted by Gasteiger charge is 2.08. The molecule has 0 bridgehead atoms. The van der Waals surface area contributed by atoms with Crippen LogP contribution in [0.3, 0.4) is 0 Å². The van der Waals surface area contributed by atoms with E-state index in [4.69, 9.17) is 5.73 Å². The number of nitrogens with two attached hydrogens (primary N) is 1. The summed E-state index contributed by atoms with van der Waals surface area (Å²) < 4.78 is 0. The third-order valence-electron chi connectivity index (χ3n) is 2.06. The Labute approximate surface area is 105 Å². The van der Waals surface area contributed by atoms with Crippen LogP contribution >= 0.6 is 0 Å². The number of nitrogens with one attached hydrogen (secondary N) is 1. The van der Waals surface area contributed by atoms with Crippen molar-refractivity contribution in [3.63, 3.8) is 0 Å². The maximum Gasteiger partial charge on any atom is 0.269 e. The first-order chi connectivity index (χ1) is 8.58. The van der Waals surface area contributed by atoms with Crippen LogP contribution in [-0.4, -0.2) is 35.1 Å².